The fourth-order valence-electron chi connectivity index (χ4n) is 3.11. The second-order valence-electron chi connectivity index (χ2n) is 6.09. The first-order chi connectivity index (χ1) is 10.2. The van der Waals surface area contributed by atoms with Gasteiger partial charge in [-0.1, -0.05) is 13.8 Å². The highest BCUT2D eigenvalue weighted by Crippen LogP contribution is 2.25. The molecule has 3 rings (SSSR count). The number of hydrogen-bond acceptors (Lipinski definition) is 4. The SMILES string of the molecule is CCN(c1nccn2nc(C(C)C)cc12)C1CCCNC1. The standard InChI is InChI=1S/C16H25N5/c1-4-20(13-6-5-7-17-11-13)16-15-10-14(12(2)3)19-21(15)9-8-18-16/h8-10,12-13,17H,4-7,11H2,1-3H3. The Morgan fingerprint density at radius 3 is 3.00 bits per heavy atom. The summed E-state index contributed by atoms with van der Waals surface area (Å²) in [6.45, 7) is 9.72. The Morgan fingerprint density at radius 1 is 1.48 bits per heavy atom. The summed E-state index contributed by atoms with van der Waals surface area (Å²) in [6.07, 6.45) is 6.27. The van der Waals surface area contributed by atoms with Crippen molar-refractivity contribution in [2.75, 3.05) is 24.5 Å². The van der Waals surface area contributed by atoms with Gasteiger partial charge < -0.3 is 10.2 Å². The zero-order valence-corrected chi connectivity index (χ0v) is 13.2. The number of nitrogens with zero attached hydrogens (tertiary/aromatic N) is 4. The molecule has 3 heterocycles. The molecule has 1 fully saturated rings. The molecule has 114 valence electrons. The largest absolute Gasteiger partial charge is 0.351 e. The zero-order chi connectivity index (χ0) is 14.8. The van der Waals surface area contributed by atoms with Crippen LogP contribution in [-0.2, 0) is 0 Å². The normalized spacial score (nSPS) is 19.3. The van der Waals surface area contributed by atoms with Gasteiger partial charge in [-0.2, -0.15) is 5.10 Å². The number of rotatable bonds is 4. The van der Waals surface area contributed by atoms with Crippen LogP contribution >= 0.6 is 0 Å². The van der Waals surface area contributed by atoms with Gasteiger partial charge in [0.05, 0.1) is 5.69 Å². The summed E-state index contributed by atoms with van der Waals surface area (Å²) in [4.78, 5) is 7.09. The van der Waals surface area contributed by atoms with Crippen LogP contribution in [0.3, 0.4) is 0 Å². The van der Waals surface area contributed by atoms with E-state index >= 15 is 0 Å². The molecule has 5 heteroatoms. The summed E-state index contributed by atoms with van der Waals surface area (Å²) >= 11 is 0. The highest BCUT2D eigenvalue weighted by Gasteiger charge is 2.23. The Kier molecular flexibility index (Phi) is 4.10. The van der Waals surface area contributed by atoms with Crippen LogP contribution in [0.15, 0.2) is 18.5 Å². The second-order valence-corrected chi connectivity index (χ2v) is 6.09. The Bertz CT molecular complexity index is 598. The van der Waals surface area contributed by atoms with Crippen molar-refractivity contribution >= 4 is 11.3 Å². The summed E-state index contributed by atoms with van der Waals surface area (Å²) in [5.74, 6) is 1.50. The monoisotopic (exact) mass is 287 g/mol. The third kappa shape index (κ3) is 2.75. The van der Waals surface area contributed by atoms with Crippen LogP contribution in [0.5, 0.6) is 0 Å². The number of nitrogens with one attached hydrogen (secondary N) is 1. The van der Waals surface area contributed by atoms with Gasteiger partial charge in [-0.25, -0.2) is 9.50 Å². The van der Waals surface area contributed by atoms with Crippen LogP contribution in [0, 0.1) is 0 Å². The molecule has 5 nitrogen and oxygen atoms in total. The maximum Gasteiger partial charge on any atom is 0.154 e. The van der Waals surface area contributed by atoms with Crippen LogP contribution in [0.1, 0.15) is 45.2 Å². The first-order valence-corrected chi connectivity index (χ1v) is 8.02. The molecule has 2 aromatic heterocycles. The molecule has 1 N–H and O–H groups in total. The maximum absolute atomic E-state index is 4.67. The second kappa shape index (κ2) is 6.02. The van der Waals surface area contributed by atoms with E-state index in [2.05, 4.69) is 47.1 Å². The van der Waals surface area contributed by atoms with Crippen LogP contribution in [0.25, 0.3) is 5.52 Å². The molecule has 0 radical (unpaired) electrons. The number of aromatic nitrogens is 3. The van der Waals surface area contributed by atoms with Crippen molar-refractivity contribution in [3.05, 3.63) is 24.2 Å². The van der Waals surface area contributed by atoms with E-state index in [0.717, 1.165) is 36.7 Å². The van der Waals surface area contributed by atoms with Crippen LogP contribution in [0.4, 0.5) is 5.82 Å². The van der Waals surface area contributed by atoms with Crippen molar-refractivity contribution in [3.8, 4) is 0 Å². The molecule has 0 amide bonds. The lowest BCUT2D eigenvalue weighted by atomic mass is 10.1. The summed E-state index contributed by atoms with van der Waals surface area (Å²) in [6, 6.07) is 2.71. The molecule has 1 unspecified atom stereocenters. The molecule has 0 spiro atoms. The molecule has 21 heavy (non-hydrogen) atoms. The molecular weight excluding hydrogens is 262 g/mol. The molecule has 1 atom stereocenters. The van der Waals surface area contributed by atoms with Gasteiger partial charge in [0, 0.05) is 31.5 Å². The fourth-order valence-corrected chi connectivity index (χ4v) is 3.11. The van der Waals surface area contributed by atoms with Crippen molar-refractivity contribution in [2.45, 2.75) is 45.6 Å². The van der Waals surface area contributed by atoms with E-state index in [1.54, 1.807) is 0 Å². The minimum absolute atomic E-state index is 0.434. The number of anilines is 1. The van der Waals surface area contributed by atoms with Gasteiger partial charge in [0.25, 0.3) is 0 Å². The zero-order valence-electron chi connectivity index (χ0n) is 13.2. The highest BCUT2D eigenvalue weighted by molar-refractivity contribution is 5.69. The maximum atomic E-state index is 4.67. The number of piperidine rings is 1. The number of likely N-dealkylation sites (N-methyl/N-ethyl adjacent to an activating group) is 1. The van der Waals surface area contributed by atoms with Crippen LogP contribution < -0.4 is 10.2 Å². The van der Waals surface area contributed by atoms with E-state index in [1.807, 2.05) is 16.9 Å². The minimum Gasteiger partial charge on any atom is -0.351 e. The van der Waals surface area contributed by atoms with E-state index in [4.69, 9.17) is 0 Å². The number of fused-ring (bicyclic) bond motifs is 1. The lowest BCUT2D eigenvalue weighted by molar-refractivity contribution is 0.433. The van der Waals surface area contributed by atoms with Crippen molar-refractivity contribution in [1.82, 2.24) is 19.9 Å². The lowest BCUT2D eigenvalue weighted by Crippen LogP contribution is -2.46. The molecule has 0 saturated carbocycles. The van der Waals surface area contributed by atoms with Crippen LogP contribution in [-0.4, -0.2) is 40.3 Å². The molecular formula is C16H25N5. The molecule has 1 aliphatic rings. The van der Waals surface area contributed by atoms with E-state index in [9.17, 15) is 0 Å². The van der Waals surface area contributed by atoms with Crippen molar-refractivity contribution in [1.29, 1.82) is 0 Å². The summed E-state index contributed by atoms with van der Waals surface area (Å²) < 4.78 is 1.97. The average Bonchev–Trinajstić information content (AvgIpc) is 2.94. The Morgan fingerprint density at radius 2 is 2.33 bits per heavy atom. The molecule has 0 aliphatic carbocycles. The molecule has 2 aromatic rings. The van der Waals surface area contributed by atoms with E-state index in [1.165, 1.54) is 12.8 Å². The third-order valence-corrected chi connectivity index (χ3v) is 4.30. The molecule has 1 aliphatic heterocycles. The Hall–Kier alpha value is -1.62. The molecule has 0 aromatic carbocycles. The van der Waals surface area contributed by atoms with Gasteiger partial charge in [0.2, 0.25) is 0 Å². The predicted molar refractivity (Wildman–Crippen MR) is 86.0 cm³/mol. The van der Waals surface area contributed by atoms with Crippen LogP contribution in [0.2, 0.25) is 0 Å². The average molecular weight is 287 g/mol. The van der Waals surface area contributed by atoms with Gasteiger partial charge in [0.1, 0.15) is 5.52 Å². The molecule has 0 bridgehead atoms. The quantitative estimate of drug-likeness (QED) is 0.938. The van der Waals surface area contributed by atoms with E-state index in [-0.39, 0.29) is 0 Å². The predicted octanol–water partition coefficient (Wildman–Crippen LogP) is 2.43. The third-order valence-electron chi connectivity index (χ3n) is 4.30. The van der Waals surface area contributed by atoms with Gasteiger partial charge in [0.15, 0.2) is 5.82 Å². The van der Waals surface area contributed by atoms with Crippen molar-refractivity contribution in [2.24, 2.45) is 0 Å². The minimum atomic E-state index is 0.434. The fraction of sp³-hybridized carbons (Fsp3) is 0.625. The van der Waals surface area contributed by atoms with E-state index in [0.29, 0.717) is 12.0 Å². The van der Waals surface area contributed by atoms with Gasteiger partial charge in [-0.15, -0.1) is 0 Å². The topological polar surface area (TPSA) is 45.5 Å². The Balaban J connectivity index is 2.00. The smallest absolute Gasteiger partial charge is 0.154 e. The first kappa shape index (κ1) is 14.3. The first-order valence-electron chi connectivity index (χ1n) is 8.02. The van der Waals surface area contributed by atoms with E-state index < -0.39 is 0 Å². The lowest BCUT2D eigenvalue weighted by Gasteiger charge is -2.35. The number of hydrogen-bond donors (Lipinski definition) is 1. The van der Waals surface area contributed by atoms with Gasteiger partial charge in [-0.05, 0) is 38.3 Å². The van der Waals surface area contributed by atoms with Gasteiger partial charge in [-0.3, -0.25) is 0 Å². The van der Waals surface area contributed by atoms with Crippen molar-refractivity contribution in [3.63, 3.8) is 0 Å². The Labute approximate surface area is 126 Å². The van der Waals surface area contributed by atoms with Gasteiger partial charge >= 0.3 is 0 Å². The summed E-state index contributed by atoms with van der Waals surface area (Å²) in [5.41, 5.74) is 2.25. The summed E-state index contributed by atoms with van der Waals surface area (Å²) in [5, 5.41) is 8.17. The summed E-state index contributed by atoms with van der Waals surface area (Å²) in [7, 11) is 0. The highest BCUT2D eigenvalue weighted by atomic mass is 15.3. The molecule has 1 saturated heterocycles. The van der Waals surface area contributed by atoms with Crippen molar-refractivity contribution < 1.29 is 0 Å².